The lowest BCUT2D eigenvalue weighted by molar-refractivity contribution is -0.121. The minimum absolute atomic E-state index is 0.0189. The van der Waals surface area contributed by atoms with E-state index >= 15 is 0 Å². The van der Waals surface area contributed by atoms with Gasteiger partial charge in [-0.25, -0.2) is 9.97 Å². The van der Waals surface area contributed by atoms with Crippen LogP contribution in [0.3, 0.4) is 0 Å². The van der Waals surface area contributed by atoms with Crippen LogP contribution in [-0.2, 0) is 4.79 Å². The summed E-state index contributed by atoms with van der Waals surface area (Å²) in [7, 11) is 0. The highest BCUT2D eigenvalue weighted by atomic mass is 35.5. The second-order valence-electron chi connectivity index (χ2n) is 7.63. The van der Waals surface area contributed by atoms with Crippen LogP contribution in [0.4, 0.5) is 5.69 Å². The summed E-state index contributed by atoms with van der Waals surface area (Å²) < 4.78 is 0. The van der Waals surface area contributed by atoms with Crippen LogP contribution in [0.25, 0.3) is 11.3 Å². The number of aromatic nitrogens is 2. The highest BCUT2D eigenvalue weighted by molar-refractivity contribution is 6.30. The zero-order chi connectivity index (χ0) is 21.8. The highest BCUT2D eigenvalue weighted by Gasteiger charge is 2.28. The highest BCUT2D eigenvalue weighted by Crippen LogP contribution is 2.24. The van der Waals surface area contributed by atoms with Crippen molar-refractivity contribution in [2.75, 3.05) is 18.4 Å². The molecule has 1 aromatic heterocycles. The van der Waals surface area contributed by atoms with Crippen molar-refractivity contribution in [2.45, 2.75) is 19.8 Å². The number of benzene rings is 2. The number of likely N-dealkylation sites (tertiary alicyclic amines) is 1. The Morgan fingerprint density at radius 3 is 2.52 bits per heavy atom. The number of piperidine rings is 1. The number of nitrogens with one attached hydrogen (secondary N) is 1. The van der Waals surface area contributed by atoms with Crippen LogP contribution < -0.4 is 5.32 Å². The molecule has 6 nitrogen and oxygen atoms in total. The molecule has 0 radical (unpaired) electrons. The smallest absolute Gasteiger partial charge is 0.253 e. The molecular formula is C24H23ClN4O2. The van der Waals surface area contributed by atoms with E-state index in [9.17, 15) is 9.59 Å². The van der Waals surface area contributed by atoms with Crippen LogP contribution in [0.2, 0.25) is 5.02 Å². The number of halogens is 1. The number of nitrogens with zero attached hydrogens (tertiary/aromatic N) is 3. The topological polar surface area (TPSA) is 75.2 Å². The maximum atomic E-state index is 12.8. The molecule has 0 unspecified atom stereocenters. The molecule has 4 rings (SSSR count). The van der Waals surface area contributed by atoms with Gasteiger partial charge >= 0.3 is 0 Å². The lowest BCUT2D eigenvalue weighted by Gasteiger charge is -2.31. The van der Waals surface area contributed by atoms with E-state index in [1.165, 1.54) is 0 Å². The van der Waals surface area contributed by atoms with Crippen molar-refractivity contribution >= 4 is 29.1 Å². The first kappa shape index (κ1) is 21.0. The molecule has 31 heavy (non-hydrogen) atoms. The molecule has 0 aliphatic carbocycles. The largest absolute Gasteiger partial charge is 0.339 e. The Morgan fingerprint density at radius 1 is 1.06 bits per heavy atom. The average Bonchev–Trinajstić information content (AvgIpc) is 2.79. The van der Waals surface area contributed by atoms with Gasteiger partial charge in [-0.15, -0.1) is 0 Å². The standard InChI is InChI=1S/C24H23ClN4O2/c1-16-26-12-9-22(27-16)19-3-2-4-21(15-19)28-23(30)17-10-13-29(14-11-17)24(31)18-5-7-20(25)8-6-18/h2-9,12,15,17H,10-11,13-14H2,1H3,(H,28,30). The second kappa shape index (κ2) is 9.27. The van der Waals surface area contributed by atoms with E-state index < -0.39 is 0 Å². The van der Waals surface area contributed by atoms with E-state index in [1.54, 1.807) is 35.4 Å². The fourth-order valence-corrected chi connectivity index (χ4v) is 3.86. The summed E-state index contributed by atoms with van der Waals surface area (Å²) in [5, 5.41) is 3.62. The van der Waals surface area contributed by atoms with Crippen molar-refractivity contribution in [1.29, 1.82) is 0 Å². The first-order valence-corrected chi connectivity index (χ1v) is 10.6. The number of aryl methyl sites for hydroxylation is 1. The number of carbonyl (C=O) groups excluding carboxylic acids is 2. The molecule has 1 fully saturated rings. The normalized spacial score (nSPS) is 14.3. The van der Waals surface area contributed by atoms with Gasteiger partial charge in [0.25, 0.3) is 5.91 Å². The average molecular weight is 435 g/mol. The van der Waals surface area contributed by atoms with Gasteiger partial charge in [-0.3, -0.25) is 9.59 Å². The molecule has 3 aromatic rings. The quantitative estimate of drug-likeness (QED) is 0.651. The monoisotopic (exact) mass is 434 g/mol. The molecule has 1 N–H and O–H groups in total. The molecule has 1 saturated heterocycles. The molecule has 1 aliphatic rings. The molecule has 0 spiro atoms. The predicted molar refractivity (Wildman–Crippen MR) is 121 cm³/mol. The molecule has 1 aliphatic heterocycles. The van der Waals surface area contributed by atoms with Gasteiger partial charge in [-0.1, -0.05) is 23.7 Å². The molecule has 2 amide bonds. The van der Waals surface area contributed by atoms with Crippen LogP contribution in [-0.4, -0.2) is 39.8 Å². The second-order valence-corrected chi connectivity index (χ2v) is 8.07. The van der Waals surface area contributed by atoms with Crippen LogP contribution in [0.1, 0.15) is 29.0 Å². The van der Waals surface area contributed by atoms with Crippen LogP contribution in [0, 0.1) is 12.8 Å². The zero-order valence-electron chi connectivity index (χ0n) is 17.2. The van der Waals surface area contributed by atoms with E-state index in [4.69, 9.17) is 11.6 Å². The third-order valence-electron chi connectivity index (χ3n) is 5.45. The van der Waals surface area contributed by atoms with Gasteiger partial charge in [0.1, 0.15) is 5.82 Å². The van der Waals surface area contributed by atoms with Gasteiger partial charge in [0.15, 0.2) is 0 Å². The molecular weight excluding hydrogens is 412 g/mol. The van der Waals surface area contributed by atoms with E-state index in [-0.39, 0.29) is 17.7 Å². The van der Waals surface area contributed by atoms with Crippen molar-refractivity contribution in [3.63, 3.8) is 0 Å². The number of rotatable bonds is 4. The van der Waals surface area contributed by atoms with E-state index in [2.05, 4.69) is 15.3 Å². The maximum absolute atomic E-state index is 12.8. The van der Waals surface area contributed by atoms with Gasteiger partial charge in [0.05, 0.1) is 5.69 Å². The molecule has 7 heteroatoms. The first-order chi connectivity index (χ1) is 15.0. The van der Waals surface area contributed by atoms with Crippen LogP contribution in [0.5, 0.6) is 0 Å². The number of amides is 2. The van der Waals surface area contributed by atoms with Gasteiger partial charge in [-0.05, 0) is 62.2 Å². The SMILES string of the molecule is Cc1nccc(-c2cccc(NC(=O)C3CCN(C(=O)c4ccc(Cl)cc4)CC3)c2)n1. The van der Waals surface area contributed by atoms with E-state index in [0.29, 0.717) is 42.3 Å². The van der Waals surface area contributed by atoms with Gasteiger partial charge in [-0.2, -0.15) is 0 Å². The summed E-state index contributed by atoms with van der Waals surface area (Å²) in [4.78, 5) is 35.8. The molecule has 2 heterocycles. The molecule has 0 bridgehead atoms. The Balaban J connectivity index is 1.36. The van der Waals surface area contributed by atoms with Gasteiger partial charge < -0.3 is 10.2 Å². The summed E-state index contributed by atoms with van der Waals surface area (Å²) in [5.41, 5.74) is 3.09. The predicted octanol–water partition coefficient (Wildman–Crippen LogP) is 4.60. The fourth-order valence-electron chi connectivity index (χ4n) is 3.74. The Morgan fingerprint density at radius 2 is 1.81 bits per heavy atom. The number of anilines is 1. The Bertz CT molecular complexity index is 1090. The van der Waals surface area contributed by atoms with E-state index in [0.717, 1.165) is 16.9 Å². The van der Waals surface area contributed by atoms with Crippen LogP contribution >= 0.6 is 11.6 Å². The Hall–Kier alpha value is -3.25. The van der Waals surface area contributed by atoms with Crippen molar-refractivity contribution in [3.8, 4) is 11.3 Å². The van der Waals surface area contributed by atoms with Gasteiger partial charge in [0, 0.05) is 47.0 Å². The lowest BCUT2D eigenvalue weighted by atomic mass is 9.95. The summed E-state index contributed by atoms with van der Waals surface area (Å²) in [5.74, 6) is 0.532. The summed E-state index contributed by atoms with van der Waals surface area (Å²) in [6, 6.07) is 16.4. The van der Waals surface area contributed by atoms with Gasteiger partial charge in [0.2, 0.25) is 5.91 Å². The number of carbonyl (C=O) groups is 2. The lowest BCUT2D eigenvalue weighted by Crippen LogP contribution is -2.41. The third kappa shape index (κ3) is 5.09. The van der Waals surface area contributed by atoms with Crippen molar-refractivity contribution < 1.29 is 9.59 Å². The Kier molecular flexibility index (Phi) is 6.28. The summed E-state index contributed by atoms with van der Waals surface area (Å²) in [6.07, 6.45) is 2.99. The third-order valence-corrected chi connectivity index (χ3v) is 5.70. The fraction of sp³-hybridized carbons (Fsp3) is 0.250. The number of hydrogen-bond acceptors (Lipinski definition) is 4. The first-order valence-electron chi connectivity index (χ1n) is 10.3. The van der Waals surface area contributed by atoms with Crippen molar-refractivity contribution in [1.82, 2.24) is 14.9 Å². The van der Waals surface area contributed by atoms with Crippen LogP contribution in [0.15, 0.2) is 60.8 Å². The summed E-state index contributed by atoms with van der Waals surface area (Å²) in [6.45, 7) is 2.96. The Labute approximate surface area is 186 Å². The minimum atomic E-state index is -0.126. The maximum Gasteiger partial charge on any atom is 0.253 e. The molecule has 158 valence electrons. The zero-order valence-corrected chi connectivity index (χ0v) is 18.0. The molecule has 0 atom stereocenters. The van der Waals surface area contributed by atoms with Crippen molar-refractivity contribution in [3.05, 3.63) is 77.2 Å². The number of hydrogen-bond donors (Lipinski definition) is 1. The molecule has 2 aromatic carbocycles. The van der Waals surface area contributed by atoms with E-state index in [1.807, 2.05) is 37.3 Å². The summed E-state index contributed by atoms with van der Waals surface area (Å²) >= 11 is 5.90. The minimum Gasteiger partial charge on any atom is -0.339 e. The van der Waals surface area contributed by atoms with Crippen molar-refractivity contribution in [2.24, 2.45) is 5.92 Å². The molecule has 0 saturated carbocycles.